The highest BCUT2D eigenvalue weighted by atomic mass is 16.5. The van der Waals surface area contributed by atoms with E-state index in [0.29, 0.717) is 0 Å². The Balaban J connectivity index is 1.28. The molecule has 11 rings (SSSR count). The van der Waals surface area contributed by atoms with Crippen LogP contribution in [0.1, 0.15) is 33.7 Å². The van der Waals surface area contributed by atoms with E-state index in [9.17, 15) is 0 Å². The molecule has 2 aliphatic carbocycles. The highest BCUT2D eigenvalue weighted by Gasteiger charge is 2.51. The summed E-state index contributed by atoms with van der Waals surface area (Å²) in [5.41, 5.74) is 15.9. The normalized spacial score (nSPS) is 13.6. The molecule has 0 fully saturated rings. The molecule has 0 atom stereocenters. The molecule has 0 amide bonds. The molecule has 1 spiro atoms. The number of benzene rings is 8. The largest absolute Gasteiger partial charge is 0.361 e. The first-order chi connectivity index (χ1) is 24.6. The molecule has 1 aromatic heterocycles. The first kappa shape index (κ1) is 27.7. The van der Waals surface area contributed by atoms with Crippen molar-refractivity contribution in [3.63, 3.8) is 0 Å². The van der Waals surface area contributed by atoms with Gasteiger partial charge >= 0.3 is 0 Å². The first-order valence-electron chi connectivity index (χ1n) is 17.4. The molecular weight excluding hydrogens is 607 g/mol. The van der Waals surface area contributed by atoms with Gasteiger partial charge in [0, 0.05) is 11.1 Å². The lowest BCUT2D eigenvalue weighted by Crippen LogP contribution is -2.25. The van der Waals surface area contributed by atoms with Gasteiger partial charge in [-0.3, -0.25) is 0 Å². The molecule has 234 valence electrons. The first-order valence-corrected chi connectivity index (χ1v) is 17.4. The Hall–Kier alpha value is -6.25. The lowest BCUT2D eigenvalue weighted by atomic mass is 9.70. The van der Waals surface area contributed by atoms with Crippen LogP contribution in [0.15, 0.2) is 156 Å². The van der Waals surface area contributed by atoms with Crippen LogP contribution in [0.2, 0.25) is 0 Å². The number of rotatable bonds is 2. The maximum absolute atomic E-state index is 5.73. The summed E-state index contributed by atoms with van der Waals surface area (Å²) in [7, 11) is 0. The van der Waals surface area contributed by atoms with Gasteiger partial charge in [0.1, 0.15) is 5.76 Å². The summed E-state index contributed by atoms with van der Waals surface area (Å²) in [5.74, 6) is 0.841. The predicted octanol–water partition coefficient (Wildman–Crippen LogP) is 12.4. The van der Waals surface area contributed by atoms with Crippen LogP contribution in [0.3, 0.4) is 0 Å². The maximum Gasteiger partial charge on any atom is 0.141 e. The number of hydrogen-bond donors (Lipinski definition) is 0. The van der Waals surface area contributed by atoms with Crippen molar-refractivity contribution in [2.45, 2.75) is 19.3 Å². The van der Waals surface area contributed by atoms with Gasteiger partial charge < -0.3 is 4.52 Å². The van der Waals surface area contributed by atoms with E-state index >= 15 is 0 Å². The summed E-state index contributed by atoms with van der Waals surface area (Å²) >= 11 is 0. The molecule has 9 aromatic rings. The number of fused-ring (bicyclic) bond motifs is 13. The van der Waals surface area contributed by atoms with Gasteiger partial charge in [0.25, 0.3) is 0 Å². The molecule has 2 nitrogen and oxygen atoms in total. The molecule has 0 N–H and O–H groups in total. The van der Waals surface area contributed by atoms with Gasteiger partial charge in [-0.05, 0) is 120 Å². The lowest BCUT2D eigenvalue weighted by Gasteiger charge is -2.31. The van der Waals surface area contributed by atoms with E-state index in [2.05, 4.69) is 157 Å². The number of aryl methyl sites for hydroxylation is 2. The summed E-state index contributed by atoms with van der Waals surface area (Å²) in [6.45, 7) is 4.06. The highest BCUT2D eigenvalue weighted by Crippen LogP contribution is 2.63. The predicted molar refractivity (Wildman–Crippen MR) is 206 cm³/mol. The Morgan fingerprint density at radius 2 is 0.920 bits per heavy atom. The van der Waals surface area contributed by atoms with Crippen LogP contribution in [0, 0.1) is 13.8 Å². The molecule has 0 radical (unpaired) electrons. The average Bonchev–Trinajstić information content (AvgIpc) is 3.76. The topological polar surface area (TPSA) is 26.0 Å². The smallest absolute Gasteiger partial charge is 0.141 e. The molecule has 0 bridgehead atoms. The lowest BCUT2D eigenvalue weighted by molar-refractivity contribution is 0.393. The Labute approximate surface area is 290 Å². The van der Waals surface area contributed by atoms with E-state index in [-0.39, 0.29) is 0 Å². The van der Waals surface area contributed by atoms with Crippen molar-refractivity contribution >= 4 is 32.3 Å². The van der Waals surface area contributed by atoms with Crippen LogP contribution < -0.4 is 0 Å². The van der Waals surface area contributed by atoms with E-state index in [0.717, 1.165) is 17.0 Å². The fourth-order valence-corrected chi connectivity index (χ4v) is 9.53. The third kappa shape index (κ3) is 3.40. The molecule has 0 unspecified atom stereocenters. The van der Waals surface area contributed by atoms with E-state index in [4.69, 9.17) is 4.52 Å². The van der Waals surface area contributed by atoms with Crippen molar-refractivity contribution in [2.24, 2.45) is 0 Å². The Bertz CT molecular complexity index is 2790. The highest BCUT2D eigenvalue weighted by molar-refractivity contribution is 6.22. The zero-order valence-electron chi connectivity index (χ0n) is 27.8. The third-order valence-electron chi connectivity index (χ3n) is 11.5. The van der Waals surface area contributed by atoms with Crippen molar-refractivity contribution in [2.75, 3.05) is 0 Å². The van der Waals surface area contributed by atoms with Crippen molar-refractivity contribution in [3.8, 4) is 44.5 Å². The SMILES string of the molecule is Cc1noc(C)c1-c1c2ccccc2c(-c2ccc3c(c2)C2(c4ccccc4-c4ccccc42)c2cc4ccccc4cc2-3)c2ccccc12. The second-order valence-corrected chi connectivity index (χ2v) is 13.9. The van der Waals surface area contributed by atoms with Crippen molar-refractivity contribution in [3.05, 3.63) is 185 Å². The van der Waals surface area contributed by atoms with Gasteiger partial charge in [-0.1, -0.05) is 139 Å². The molecular formula is C48H31NO. The molecule has 2 aliphatic rings. The van der Waals surface area contributed by atoms with Crippen LogP contribution in [-0.2, 0) is 5.41 Å². The third-order valence-corrected chi connectivity index (χ3v) is 11.5. The zero-order chi connectivity index (χ0) is 33.1. The van der Waals surface area contributed by atoms with Crippen LogP contribution in [-0.4, -0.2) is 5.16 Å². The van der Waals surface area contributed by atoms with Gasteiger partial charge in [-0.2, -0.15) is 0 Å². The van der Waals surface area contributed by atoms with Gasteiger partial charge in [0.05, 0.1) is 11.1 Å². The van der Waals surface area contributed by atoms with Gasteiger partial charge in [-0.15, -0.1) is 0 Å². The van der Waals surface area contributed by atoms with Crippen LogP contribution >= 0.6 is 0 Å². The molecule has 50 heavy (non-hydrogen) atoms. The summed E-state index contributed by atoms with van der Waals surface area (Å²) in [6.07, 6.45) is 0. The average molecular weight is 638 g/mol. The van der Waals surface area contributed by atoms with Crippen molar-refractivity contribution in [1.82, 2.24) is 5.16 Å². The molecule has 0 saturated carbocycles. The minimum Gasteiger partial charge on any atom is -0.361 e. The monoisotopic (exact) mass is 637 g/mol. The summed E-state index contributed by atoms with van der Waals surface area (Å²) in [6, 6.07) is 56.8. The molecule has 0 aliphatic heterocycles. The standard InChI is InChI=1S/C48H31NO/c1-28-45(29(2)50-49-28)47-38-19-7-5-17-36(38)46(37-18-6-8-20-39(37)47)32-23-24-35-40-25-30-13-3-4-14-31(30)26-44(40)48(43(35)27-32)41-21-11-9-15-33(41)34-16-10-12-22-42(34)48/h3-27H,1-2H3. The Morgan fingerprint density at radius 1 is 0.420 bits per heavy atom. The van der Waals surface area contributed by atoms with E-state index in [1.54, 1.807) is 0 Å². The van der Waals surface area contributed by atoms with Crippen LogP contribution in [0.25, 0.3) is 76.8 Å². The quantitative estimate of drug-likeness (QED) is 0.176. The Kier molecular flexibility index (Phi) is 5.48. The molecule has 1 heterocycles. The second kappa shape index (κ2) is 9.90. The van der Waals surface area contributed by atoms with E-state index < -0.39 is 5.41 Å². The number of hydrogen-bond acceptors (Lipinski definition) is 2. The van der Waals surface area contributed by atoms with Crippen molar-refractivity contribution in [1.29, 1.82) is 0 Å². The summed E-state index contributed by atoms with van der Waals surface area (Å²) in [5, 5.41) is 11.8. The number of aromatic nitrogens is 1. The van der Waals surface area contributed by atoms with Gasteiger partial charge in [0.15, 0.2) is 0 Å². The van der Waals surface area contributed by atoms with E-state index in [1.807, 2.05) is 13.8 Å². The minimum absolute atomic E-state index is 0.430. The fraction of sp³-hybridized carbons (Fsp3) is 0.0625. The maximum atomic E-state index is 5.73. The summed E-state index contributed by atoms with van der Waals surface area (Å²) < 4.78 is 5.73. The fourth-order valence-electron chi connectivity index (χ4n) is 9.53. The van der Waals surface area contributed by atoms with Crippen LogP contribution in [0.4, 0.5) is 0 Å². The molecule has 8 aromatic carbocycles. The molecule has 0 saturated heterocycles. The minimum atomic E-state index is -0.430. The zero-order valence-corrected chi connectivity index (χ0v) is 27.8. The van der Waals surface area contributed by atoms with Gasteiger partial charge in [-0.25, -0.2) is 0 Å². The summed E-state index contributed by atoms with van der Waals surface area (Å²) in [4.78, 5) is 0. The molecule has 2 heteroatoms. The van der Waals surface area contributed by atoms with Crippen molar-refractivity contribution < 1.29 is 4.52 Å². The second-order valence-electron chi connectivity index (χ2n) is 13.9. The van der Waals surface area contributed by atoms with E-state index in [1.165, 1.54) is 93.5 Å². The number of nitrogens with zero attached hydrogens (tertiary/aromatic N) is 1. The van der Waals surface area contributed by atoms with Crippen LogP contribution in [0.5, 0.6) is 0 Å². The van der Waals surface area contributed by atoms with Gasteiger partial charge in [0.2, 0.25) is 0 Å². The Morgan fingerprint density at radius 3 is 1.52 bits per heavy atom.